The van der Waals surface area contributed by atoms with Crippen LogP contribution in [0.4, 0.5) is 0 Å². The van der Waals surface area contributed by atoms with E-state index in [1.54, 1.807) is 24.3 Å². The molecule has 6 heteroatoms. The number of aryl methyl sites for hydroxylation is 2. The van der Waals surface area contributed by atoms with Gasteiger partial charge in [0.25, 0.3) is 0 Å². The number of rotatable bonds is 22. The highest BCUT2D eigenvalue weighted by atomic mass is 17.3. The molecule has 0 fully saturated rings. The maximum atomic E-state index is 12.4. The van der Waals surface area contributed by atoms with E-state index < -0.39 is 18.2 Å². The Bertz CT molecular complexity index is 874. The van der Waals surface area contributed by atoms with Gasteiger partial charge in [-0.2, -0.15) is 0 Å². The second kappa shape index (κ2) is 21.1. The molecule has 0 aliphatic rings. The van der Waals surface area contributed by atoms with Crippen molar-refractivity contribution in [2.45, 2.75) is 130 Å². The third-order valence-electron chi connectivity index (χ3n) is 7.20. The predicted octanol–water partition coefficient (Wildman–Crippen LogP) is 9.50. The molecular weight excluding hydrogens is 504 g/mol. The molecule has 0 N–H and O–H groups in total. The van der Waals surface area contributed by atoms with Gasteiger partial charge in [0.1, 0.15) is 0 Å². The van der Waals surface area contributed by atoms with Crippen LogP contribution in [-0.4, -0.2) is 18.2 Å². The number of unbranched alkanes of at least 4 members (excludes halogenated alkanes) is 12. The molecule has 0 heterocycles. The molecule has 0 atom stereocenters. The molecule has 0 saturated carbocycles. The van der Waals surface area contributed by atoms with E-state index in [4.69, 9.17) is 19.6 Å². The normalized spacial score (nSPS) is 11.1. The van der Waals surface area contributed by atoms with Gasteiger partial charge in [-0.05, 0) is 54.7 Å². The molecule has 222 valence electrons. The number of carbonyl (C=O) groups excluding carboxylic acids is 2. The largest absolute Gasteiger partial charge is 0.373 e. The summed E-state index contributed by atoms with van der Waals surface area (Å²) in [4.78, 5) is 45.6. The zero-order chi connectivity index (χ0) is 28.8. The minimum absolute atomic E-state index is 0.380. The van der Waals surface area contributed by atoms with E-state index in [1.807, 2.05) is 38.1 Å². The second-order valence-electron chi connectivity index (χ2n) is 10.5. The van der Waals surface area contributed by atoms with Crippen molar-refractivity contribution in [1.29, 1.82) is 0 Å². The van der Waals surface area contributed by atoms with Gasteiger partial charge in [-0.3, -0.25) is 9.78 Å². The fraction of sp³-hybridized carbons (Fsp3) is 0.588. The fourth-order valence-electron chi connectivity index (χ4n) is 4.49. The van der Waals surface area contributed by atoms with Gasteiger partial charge in [-0.1, -0.05) is 122 Å². The van der Waals surface area contributed by atoms with Crippen molar-refractivity contribution in [1.82, 2.24) is 0 Å². The van der Waals surface area contributed by atoms with Gasteiger partial charge in [0.15, 0.2) is 0 Å². The highest BCUT2D eigenvalue weighted by molar-refractivity contribution is 5.89. The number of hydrogen-bond acceptors (Lipinski definition) is 6. The quantitative estimate of drug-likeness (QED) is 0.0625. The van der Waals surface area contributed by atoms with E-state index >= 15 is 0 Å². The average molecular weight is 555 g/mol. The van der Waals surface area contributed by atoms with Crippen LogP contribution in [-0.2, 0) is 32.4 Å². The third kappa shape index (κ3) is 14.1. The van der Waals surface area contributed by atoms with E-state index in [0.717, 1.165) is 43.2 Å². The average Bonchev–Trinajstić information content (AvgIpc) is 3.00. The summed E-state index contributed by atoms with van der Waals surface area (Å²) in [5.74, 6) is -1.24. The first-order chi connectivity index (χ1) is 19.6. The Morgan fingerprint density at radius 1 is 0.525 bits per heavy atom. The number of carbonyl (C=O) groups is 2. The summed E-state index contributed by atoms with van der Waals surface area (Å²) in [7, 11) is 0. The summed E-state index contributed by atoms with van der Waals surface area (Å²) < 4.78 is 0. The lowest BCUT2D eigenvalue weighted by Gasteiger charge is -2.15. The highest BCUT2D eigenvalue weighted by Crippen LogP contribution is 2.16. The molecule has 6 nitrogen and oxygen atoms in total. The van der Waals surface area contributed by atoms with Crippen molar-refractivity contribution >= 4 is 11.9 Å². The first-order valence-corrected chi connectivity index (χ1v) is 15.5. The molecule has 2 rings (SSSR count). The second-order valence-corrected chi connectivity index (χ2v) is 10.5. The lowest BCUT2D eigenvalue weighted by Crippen LogP contribution is -2.22. The molecule has 0 aliphatic carbocycles. The Labute approximate surface area is 241 Å². The van der Waals surface area contributed by atoms with E-state index in [0.29, 0.717) is 17.5 Å². The highest BCUT2D eigenvalue weighted by Gasteiger charge is 2.19. The van der Waals surface area contributed by atoms with E-state index in [2.05, 4.69) is 6.92 Å². The predicted molar refractivity (Wildman–Crippen MR) is 159 cm³/mol. The summed E-state index contributed by atoms with van der Waals surface area (Å²) in [5.41, 5.74) is 3.01. The zero-order valence-corrected chi connectivity index (χ0v) is 25.0. The van der Waals surface area contributed by atoms with E-state index in [9.17, 15) is 9.59 Å². The summed E-state index contributed by atoms with van der Waals surface area (Å²) in [5, 5.41) is 0. The van der Waals surface area contributed by atoms with Crippen LogP contribution in [0.15, 0.2) is 48.5 Å². The Kier molecular flexibility index (Phi) is 17.7. The minimum atomic E-state index is -1.01. The fourth-order valence-corrected chi connectivity index (χ4v) is 4.49. The molecular formula is C34H50O6. The maximum Gasteiger partial charge on any atom is 0.373 e. The Morgan fingerprint density at radius 3 is 1.23 bits per heavy atom. The van der Waals surface area contributed by atoms with Crippen molar-refractivity contribution in [3.8, 4) is 0 Å². The summed E-state index contributed by atoms with van der Waals surface area (Å²) >= 11 is 0. The molecule has 40 heavy (non-hydrogen) atoms. The lowest BCUT2D eigenvalue weighted by molar-refractivity contribution is -0.421. The molecule has 0 amide bonds. The van der Waals surface area contributed by atoms with E-state index in [-0.39, 0.29) is 0 Å². The van der Waals surface area contributed by atoms with Crippen molar-refractivity contribution in [3.63, 3.8) is 0 Å². The van der Waals surface area contributed by atoms with Gasteiger partial charge in [-0.15, -0.1) is 9.78 Å². The first kappa shape index (κ1) is 33.5. The molecule has 0 radical (unpaired) electrons. The van der Waals surface area contributed by atoms with E-state index in [1.165, 1.54) is 64.2 Å². The summed E-state index contributed by atoms with van der Waals surface area (Å²) in [6, 6.07) is 14.3. The SMILES string of the molecule is CCCCCCCCCCCCCCCC(OOC(=O)c1ccc(CC)cc1)OOC(=O)c1ccc(CC)cc1. The topological polar surface area (TPSA) is 71.1 Å². The Balaban J connectivity index is 1.73. The van der Waals surface area contributed by atoms with Crippen LogP contribution < -0.4 is 0 Å². The molecule has 0 bridgehead atoms. The van der Waals surface area contributed by atoms with Crippen molar-refractivity contribution in [3.05, 3.63) is 70.8 Å². The van der Waals surface area contributed by atoms with Crippen LogP contribution in [0.5, 0.6) is 0 Å². The molecule has 0 aromatic heterocycles. The zero-order valence-electron chi connectivity index (χ0n) is 25.0. The lowest BCUT2D eigenvalue weighted by atomic mass is 10.0. The van der Waals surface area contributed by atoms with Crippen LogP contribution in [0.2, 0.25) is 0 Å². The monoisotopic (exact) mass is 554 g/mol. The number of benzene rings is 2. The van der Waals surface area contributed by atoms with Crippen LogP contribution in [0.25, 0.3) is 0 Å². The van der Waals surface area contributed by atoms with Gasteiger partial charge < -0.3 is 0 Å². The molecule has 2 aromatic rings. The summed E-state index contributed by atoms with van der Waals surface area (Å²) in [6.45, 7) is 6.35. The number of hydrogen-bond donors (Lipinski definition) is 0. The van der Waals surface area contributed by atoms with Gasteiger partial charge >= 0.3 is 11.9 Å². The van der Waals surface area contributed by atoms with Crippen molar-refractivity contribution in [2.24, 2.45) is 0 Å². The van der Waals surface area contributed by atoms with Crippen molar-refractivity contribution in [2.75, 3.05) is 0 Å². The van der Waals surface area contributed by atoms with Crippen LogP contribution >= 0.6 is 0 Å². The maximum absolute atomic E-state index is 12.4. The smallest absolute Gasteiger partial charge is 0.290 e. The van der Waals surface area contributed by atoms with Gasteiger partial charge in [0, 0.05) is 6.42 Å². The Hall–Kier alpha value is -2.70. The minimum Gasteiger partial charge on any atom is -0.290 e. The standard InChI is InChI=1S/C34H50O6/c1-4-7-8-9-10-11-12-13-14-15-16-17-18-19-32(37-39-33(35)30-24-20-28(5-2)21-25-30)38-40-34(36)31-26-22-29(6-3)23-27-31/h20-27,32H,4-19H2,1-3H3. The first-order valence-electron chi connectivity index (χ1n) is 15.5. The van der Waals surface area contributed by atoms with Crippen molar-refractivity contribution < 1.29 is 29.1 Å². The molecule has 0 saturated heterocycles. The van der Waals surface area contributed by atoms with Crippen LogP contribution in [0.1, 0.15) is 143 Å². The molecule has 0 spiro atoms. The molecule has 0 aliphatic heterocycles. The Morgan fingerprint density at radius 2 is 0.875 bits per heavy atom. The molecule has 0 unspecified atom stereocenters. The van der Waals surface area contributed by atoms with Gasteiger partial charge in [-0.25, -0.2) is 9.59 Å². The molecule has 2 aromatic carbocycles. The summed E-state index contributed by atoms with van der Waals surface area (Å²) in [6.07, 6.45) is 17.3. The van der Waals surface area contributed by atoms with Gasteiger partial charge in [0.05, 0.1) is 11.1 Å². The van der Waals surface area contributed by atoms with Crippen LogP contribution in [0, 0.1) is 0 Å². The third-order valence-corrected chi connectivity index (χ3v) is 7.20. The van der Waals surface area contributed by atoms with Crippen LogP contribution in [0.3, 0.4) is 0 Å². The van der Waals surface area contributed by atoms with Gasteiger partial charge in [0.2, 0.25) is 6.29 Å².